The molecule has 1 heterocycles. The van der Waals surface area contributed by atoms with Gasteiger partial charge in [0.2, 0.25) is 5.91 Å². The SMILES string of the molecule is O=C(/C=C/c1ccccc1)Nc1cc(C2OCCCO2)ccc1O. The number of nitrogens with one attached hydrogen (secondary N) is 1. The van der Waals surface area contributed by atoms with Crippen molar-refractivity contribution >= 4 is 17.7 Å². The van der Waals surface area contributed by atoms with Crippen molar-refractivity contribution in [2.75, 3.05) is 18.5 Å². The van der Waals surface area contributed by atoms with Gasteiger partial charge in [0.25, 0.3) is 0 Å². The number of hydrogen-bond acceptors (Lipinski definition) is 4. The predicted octanol–water partition coefficient (Wildman–Crippen LogP) is 3.48. The largest absolute Gasteiger partial charge is 0.506 e. The van der Waals surface area contributed by atoms with Crippen molar-refractivity contribution in [3.8, 4) is 5.75 Å². The van der Waals surface area contributed by atoms with Gasteiger partial charge in [-0.15, -0.1) is 0 Å². The highest BCUT2D eigenvalue weighted by molar-refractivity contribution is 6.02. The maximum Gasteiger partial charge on any atom is 0.248 e. The van der Waals surface area contributed by atoms with Gasteiger partial charge in [0.1, 0.15) is 5.75 Å². The molecule has 0 bridgehead atoms. The Morgan fingerprint density at radius 2 is 1.88 bits per heavy atom. The van der Waals surface area contributed by atoms with Crippen molar-refractivity contribution < 1.29 is 19.4 Å². The Bertz CT molecular complexity index is 721. The van der Waals surface area contributed by atoms with Gasteiger partial charge in [0.15, 0.2) is 6.29 Å². The molecule has 2 aromatic carbocycles. The van der Waals surface area contributed by atoms with E-state index in [1.54, 1.807) is 18.2 Å². The zero-order valence-electron chi connectivity index (χ0n) is 13.1. The quantitative estimate of drug-likeness (QED) is 0.667. The molecular formula is C19H19NO4. The third kappa shape index (κ3) is 4.22. The van der Waals surface area contributed by atoms with Gasteiger partial charge >= 0.3 is 0 Å². The molecule has 1 amide bonds. The van der Waals surface area contributed by atoms with Crippen molar-refractivity contribution in [1.82, 2.24) is 0 Å². The molecule has 0 atom stereocenters. The number of benzene rings is 2. The van der Waals surface area contributed by atoms with E-state index in [1.807, 2.05) is 30.3 Å². The van der Waals surface area contributed by atoms with Crippen LogP contribution in [-0.4, -0.2) is 24.2 Å². The van der Waals surface area contributed by atoms with E-state index in [0.29, 0.717) is 18.9 Å². The van der Waals surface area contributed by atoms with Gasteiger partial charge in [-0.2, -0.15) is 0 Å². The first-order valence-corrected chi connectivity index (χ1v) is 7.82. The van der Waals surface area contributed by atoms with E-state index >= 15 is 0 Å². The van der Waals surface area contributed by atoms with Crippen molar-refractivity contribution in [3.63, 3.8) is 0 Å². The summed E-state index contributed by atoms with van der Waals surface area (Å²) in [6.07, 6.45) is 3.54. The fraction of sp³-hybridized carbons (Fsp3) is 0.211. The van der Waals surface area contributed by atoms with Crippen LogP contribution in [0.5, 0.6) is 5.75 Å². The molecule has 5 heteroatoms. The molecule has 2 N–H and O–H groups in total. The van der Waals surface area contributed by atoms with Crippen LogP contribution < -0.4 is 5.32 Å². The molecular weight excluding hydrogens is 306 g/mol. The number of phenolic OH excluding ortho intramolecular Hbond substituents is 1. The molecule has 5 nitrogen and oxygen atoms in total. The second-order valence-corrected chi connectivity index (χ2v) is 5.44. The van der Waals surface area contributed by atoms with E-state index < -0.39 is 6.29 Å². The first-order chi connectivity index (χ1) is 11.7. The Morgan fingerprint density at radius 3 is 2.62 bits per heavy atom. The zero-order chi connectivity index (χ0) is 16.8. The lowest BCUT2D eigenvalue weighted by molar-refractivity contribution is -0.183. The first kappa shape index (κ1) is 16.2. The summed E-state index contributed by atoms with van der Waals surface area (Å²) in [5.41, 5.74) is 2.01. The average molecular weight is 325 g/mol. The molecule has 2 aromatic rings. The Morgan fingerprint density at radius 1 is 1.12 bits per heavy atom. The van der Waals surface area contributed by atoms with Crippen LogP contribution in [0.4, 0.5) is 5.69 Å². The highest BCUT2D eigenvalue weighted by Gasteiger charge is 2.18. The van der Waals surface area contributed by atoms with E-state index in [2.05, 4.69) is 5.32 Å². The van der Waals surface area contributed by atoms with E-state index in [4.69, 9.17) is 9.47 Å². The molecule has 1 fully saturated rings. The van der Waals surface area contributed by atoms with E-state index in [9.17, 15) is 9.90 Å². The summed E-state index contributed by atoms with van der Waals surface area (Å²) in [6, 6.07) is 14.4. The molecule has 0 spiro atoms. The molecule has 1 saturated heterocycles. The molecule has 1 aliphatic rings. The summed E-state index contributed by atoms with van der Waals surface area (Å²) >= 11 is 0. The highest BCUT2D eigenvalue weighted by atomic mass is 16.7. The van der Waals surface area contributed by atoms with Crippen LogP contribution in [-0.2, 0) is 14.3 Å². The Kier molecular flexibility index (Phi) is 5.25. The Balaban J connectivity index is 1.69. The number of carbonyl (C=O) groups excluding carboxylic acids is 1. The third-order valence-electron chi connectivity index (χ3n) is 3.60. The molecule has 0 aliphatic carbocycles. The number of hydrogen-bond donors (Lipinski definition) is 2. The first-order valence-electron chi connectivity index (χ1n) is 7.82. The van der Waals surface area contributed by atoms with Gasteiger partial charge in [0.05, 0.1) is 18.9 Å². The van der Waals surface area contributed by atoms with Gasteiger partial charge in [0, 0.05) is 11.6 Å². The summed E-state index contributed by atoms with van der Waals surface area (Å²) in [7, 11) is 0. The van der Waals surface area contributed by atoms with Gasteiger partial charge in [-0.1, -0.05) is 36.4 Å². The zero-order valence-corrected chi connectivity index (χ0v) is 13.1. The fourth-order valence-electron chi connectivity index (χ4n) is 2.39. The number of ether oxygens (including phenoxy) is 2. The molecule has 1 aliphatic heterocycles. The monoisotopic (exact) mass is 325 g/mol. The molecule has 0 saturated carbocycles. The second-order valence-electron chi connectivity index (χ2n) is 5.44. The van der Waals surface area contributed by atoms with Gasteiger partial charge in [-0.3, -0.25) is 4.79 Å². The fourth-order valence-corrected chi connectivity index (χ4v) is 2.39. The minimum absolute atomic E-state index is 0.00368. The maximum atomic E-state index is 12.1. The molecule has 3 rings (SSSR count). The normalized spacial score (nSPS) is 15.5. The Labute approximate surface area is 140 Å². The van der Waals surface area contributed by atoms with Crippen LogP contribution in [0, 0.1) is 0 Å². The molecule has 24 heavy (non-hydrogen) atoms. The smallest absolute Gasteiger partial charge is 0.248 e. The van der Waals surface area contributed by atoms with Crippen molar-refractivity contribution in [3.05, 3.63) is 65.7 Å². The Hall–Kier alpha value is -2.63. The summed E-state index contributed by atoms with van der Waals surface area (Å²) in [5.74, 6) is -0.326. The van der Waals surface area contributed by atoms with Crippen LogP contribution in [0.2, 0.25) is 0 Å². The average Bonchev–Trinajstić information content (AvgIpc) is 2.63. The molecule has 0 radical (unpaired) electrons. The van der Waals surface area contributed by atoms with Crippen LogP contribution in [0.25, 0.3) is 6.08 Å². The molecule has 0 unspecified atom stereocenters. The lowest BCUT2D eigenvalue weighted by Crippen LogP contribution is -2.18. The molecule has 0 aromatic heterocycles. The van der Waals surface area contributed by atoms with Crippen LogP contribution in [0.15, 0.2) is 54.6 Å². The third-order valence-corrected chi connectivity index (χ3v) is 3.60. The van der Waals surface area contributed by atoms with E-state index in [0.717, 1.165) is 17.5 Å². The van der Waals surface area contributed by atoms with Crippen molar-refractivity contribution in [2.45, 2.75) is 12.7 Å². The number of aromatic hydroxyl groups is 1. The summed E-state index contributed by atoms with van der Waals surface area (Å²) in [4.78, 5) is 12.1. The maximum absolute atomic E-state index is 12.1. The standard InChI is InChI=1S/C19H19NO4/c21-17-9-8-15(19-23-11-4-12-24-19)13-16(17)20-18(22)10-7-14-5-2-1-3-6-14/h1-3,5-10,13,19,21H,4,11-12H2,(H,20,22)/b10-7+. The predicted molar refractivity (Wildman–Crippen MR) is 91.5 cm³/mol. The van der Waals surface area contributed by atoms with Gasteiger partial charge in [-0.05, 0) is 30.2 Å². The number of amides is 1. The van der Waals surface area contributed by atoms with E-state index in [-0.39, 0.29) is 11.7 Å². The minimum Gasteiger partial charge on any atom is -0.506 e. The van der Waals surface area contributed by atoms with Crippen molar-refractivity contribution in [2.24, 2.45) is 0 Å². The molecule has 124 valence electrons. The van der Waals surface area contributed by atoms with Crippen LogP contribution >= 0.6 is 0 Å². The van der Waals surface area contributed by atoms with E-state index in [1.165, 1.54) is 12.1 Å². The lowest BCUT2D eigenvalue weighted by atomic mass is 10.1. The second kappa shape index (κ2) is 7.77. The number of anilines is 1. The summed E-state index contributed by atoms with van der Waals surface area (Å²) < 4.78 is 11.1. The van der Waals surface area contributed by atoms with Crippen molar-refractivity contribution in [1.29, 1.82) is 0 Å². The van der Waals surface area contributed by atoms with Gasteiger partial charge in [-0.25, -0.2) is 0 Å². The number of rotatable bonds is 4. The summed E-state index contributed by atoms with van der Waals surface area (Å²) in [6.45, 7) is 1.26. The summed E-state index contributed by atoms with van der Waals surface area (Å²) in [5, 5.41) is 12.6. The van der Waals surface area contributed by atoms with Crippen LogP contribution in [0.1, 0.15) is 23.8 Å². The topological polar surface area (TPSA) is 67.8 Å². The number of phenols is 1. The number of carbonyl (C=O) groups is 1. The van der Waals surface area contributed by atoms with Crippen LogP contribution in [0.3, 0.4) is 0 Å². The lowest BCUT2D eigenvalue weighted by Gasteiger charge is -2.24. The minimum atomic E-state index is -0.463. The van der Waals surface area contributed by atoms with Gasteiger partial charge < -0.3 is 19.9 Å². The highest BCUT2D eigenvalue weighted by Crippen LogP contribution is 2.30.